The molecule has 6 heteroatoms. The lowest BCUT2D eigenvalue weighted by atomic mass is 10.3. The Kier molecular flexibility index (Phi) is 5.39. The zero-order valence-corrected chi connectivity index (χ0v) is 11.3. The van der Waals surface area contributed by atoms with Crippen molar-refractivity contribution in [3.05, 3.63) is 0 Å². The summed E-state index contributed by atoms with van der Waals surface area (Å²) in [5.74, 6) is 0.681. The summed E-state index contributed by atoms with van der Waals surface area (Å²) in [4.78, 5) is 2.16. The molecule has 1 rings (SSSR count). The van der Waals surface area contributed by atoms with Crippen LogP contribution in [-0.4, -0.2) is 49.8 Å². The standard InChI is InChI=1S/C11H23N3O2S/c1-2-8-17(15,16)9-7-14(10-3-4-10)6-5-11(12)13/h10H,2-9H2,1H3,(H3,12,13). The fourth-order valence-corrected chi connectivity index (χ4v) is 3.19. The molecule has 1 saturated carbocycles. The number of nitrogens with zero attached hydrogens (tertiary/aromatic N) is 1. The van der Waals surface area contributed by atoms with Gasteiger partial charge in [-0.1, -0.05) is 6.92 Å². The molecule has 17 heavy (non-hydrogen) atoms. The molecule has 0 aromatic carbocycles. The third-order valence-corrected chi connectivity index (χ3v) is 4.77. The van der Waals surface area contributed by atoms with E-state index in [2.05, 4.69) is 4.90 Å². The van der Waals surface area contributed by atoms with E-state index in [4.69, 9.17) is 11.1 Å². The molecule has 1 fully saturated rings. The van der Waals surface area contributed by atoms with E-state index < -0.39 is 9.84 Å². The molecule has 0 spiro atoms. The Morgan fingerprint density at radius 3 is 2.47 bits per heavy atom. The quantitative estimate of drug-likeness (QED) is 0.470. The molecular weight excluding hydrogens is 238 g/mol. The van der Waals surface area contributed by atoms with Crippen LogP contribution in [0, 0.1) is 5.41 Å². The zero-order chi connectivity index (χ0) is 12.9. The number of hydrogen-bond donors (Lipinski definition) is 2. The largest absolute Gasteiger partial charge is 0.388 e. The smallest absolute Gasteiger partial charge is 0.151 e. The molecule has 0 aromatic rings. The summed E-state index contributed by atoms with van der Waals surface area (Å²) < 4.78 is 23.2. The minimum atomic E-state index is -2.90. The van der Waals surface area contributed by atoms with Crippen LogP contribution < -0.4 is 5.73 Å². The van der Waals surface area contributed by atoms with Gasteiger partial charge in [-0.15, -0.1) is 0 Å². The van der Waals surface area contributed by atoms with Gasteiger partial charge < -0.3 is 5.73 Å². The number of amidine groups is 1. The molecular formula is C11H23N3O2S. The van der Waals surface area contributed by atoms with Crippen LogP contribution in [0.15, 0.2) is 0 Å². The molecule has 0 heterocycles. The van der Waals surface area contributed by atoms with E-state index in [0.717, 1.165) is 12.8 Å². The van der Waals surface area contributed by atoms with Gasteiger partial charge in [-0.25, -0.2) is 8.42 Å². The van der Waals surface area contributed by atoms with E-state index in [0.29, 0.717) is 32.0 Å². The van der Waals surface area contributed by atoms with E-state index >= 15 is 0 Å². The number of nitrogens with two attached hydrogens (primary N) is 1. The predicted molar refractivity (Wildman–Crippen MR) is 70.1 cm³/mol. The maximum Gasteiger partial charge on any atom is 0.151 e. The SMILES string of the molecule is CCCS(=O)(=O)CCN(CCC(=N)N)C1CC1. The van der Waals surface area contributed by atoms with Gasteiger partial charge in [0.2, 0.25) is 0 Å². The number of sulfone groups is 1. The maximum absolute atomic E-state index is 11.6. The highest BCUT2D eigenvalue weighted by Crippen LogP contribution is 2.26. The molecule has 1 aliphatic carbocycles. The minimum Gasteiger partial charge on any atom is -0.388 e. The van der Waals surface area contributed by atoms with Crippen molar-refractivity contribution >= 4 is 15.7 Å². The number of hydrogen-bond acceptors (Lipinski definition) is 4. The summed E-state index contributed by atoms with van der Waals surface area (Å²) >= 11 is 0. The summed E-state index contributed by atoms with van der Waals surface area (Å²) in [6.07, 6.45) is 3.50. The van der Waals surface area contributed by atoms with Gasteiger partial charge in [-0.2, -0.15) is 0 Å². The molecule has 0 atom stereocenters. The topological polar surface area (TPSA) is 87.2 Å². The number of rotatable bonds is 9. The van der Waals surface area contributed by atoms with Gasteiger partial charge in [0, 0.05) is 31.3 Å². The Bertz CT molecular complexity index is 350. The fraction of sp³-hybridized carbons (Fsp3) is 0.909. The highest BCUT2D eigenvalue weighted by molar-refractivity contribution is 7.91. The summed E-state index contributed by atoms with van der Waals surface area (Å²) in [7, 11) is -2.90. The molecule has 0 bridgehead atoms. The normalized spacial score (nSPS) is 16.4. The van der Waals surface area contributed by atoms with E-state index in [1.165, 1.54) is 0 Å². The van der Waals surface area contributed by atoms with Gasteiger partial charge in [0.25, 0.3) is 0 Å². The Balaban J connectivity index is 2.36. The van der Waals surface area contributed by atoms with Crippen LogP contribution in [0.3, 0.4) is 0 Å². The first-order chi connectivity index (χ1) is 7.94. The van der Waals surface area contributed by atoms with Crippen molar-refractivity contribution < 1.29 is 8.42 Å². The highest BCUT2D eigenvalue weighted by Gasteiger charge is 2.29. The van der Waals surface area contributed by atoms with Crippen molar-refractivity contribution in [2.75, 3.05) is 24.6 Å². The second-order valence-corrected chi connectivity index (χ2v) is 7.00. The zero-order valence-electron chi connectivity index (χ0n) is 10.5. The third-order valence-electron chi connectivity index (χ3n) is 2.94. The van der Waals surface area contributed by atoms with Crippen LogP contribution in [0.4, 0.5) is 0 Å². The second kappa shape index (κ2) is 6.35. The first kappa shape index (κ1) is 14.4. The molecule has 0 unspecified atom stereocenters. The van der Waals surface area contributed by atoms with E-state index in [1.54, 1.807) is 0 Å². The van der Waals surface area contributed by atoms with Crippen LogP contribution in [0.1, 0.15) is 32.6 Å². The van der Waals surface area contributed by atoms with Gasteiger partial charge in [-0.3, -0.25) is 10.3 Å². The molecule has 0 amide bonds. The molecule has 0 aromatic heterocycles. The molecule has 0 radical (unpaired) electrons. The van der Waals surface area contributed by atoms with E-state index in [9.17, 15) is 8.42 Å². The van der Waals surface area contributed by atoms with Crippen molar-refractivity contribution in [1.82, 2.24) is 4.90 Å². The summed E-state index contributed by atoms with van der Waals surface area (Å²) in [6.45, 7) is 3.17. The lowest BCUT2D eigenvalue weighted by molar-refractivity contribution is 0.286. The van der Waals surface area contributed by atoms with Gasteiger partial charge in [-0.05, 0) is 19.3 Å². The van der Waals surface area contributed by atoms with Crippen molar-refractivity contribution in [1.29, 1.82) is 5.41 Å². The van der Waals surface area contributed by atoms with Gasteiger partial charge in [0.05, 0.1) is 11.6 Å². The van der Waals surface area contributed by atoms with Crippen molar-refractivity contribution in [2.45, 2.75) is 38.6 Å². The van der Waals surface area contributed by atoms with Crippen LogP contribution in [0.2, 0.25) is 0 Å². The van der Waals surface area contributed by atoms with Gasteiger partial charge >= 0.3 is 0 Å². The van der Waals surface area contributed by atoms with Crippen LogP contribution in [0.5, 0.6) is 0 Å². The summed E-state index contributed by atoms with van der Waals surface area (Å²) in [5.41, 5.74) is 5.33. The average Bonchev–Trinajstić information content (AvgIpc) is 3.01. The van der Waals surface area contributed by atoms with E-state index in [1.807, 2.05) is 6.92 Å². The Morgan fingerprint density at radius 1 is 1.35 bits per heavy atom. The summed E-state index contributed by atoms with van der Waals surface area (Å²) in [6, 6.07) is 0.520. The molecule has 0 aliphatic heterocycles. The Morgan fingerprint density at radius 2 is 2.00 bits per heavy atom. The Labute approximate surface area is 104 Å². The molecule has 1 aliphatic rings. The maximum atomic E-state index is 11.6. The fourth-order valence-electron chi connectivity index (χ4n) is 1.85. The average molecular weight is 261 g/mol. The van der Waals surface area contributed by atoms with Crippen molar-refractivity contribution in [3.63, 3.8) is 0 Å². The molecule has 0 saturated heterocycles. The van der Waals surface area contributed by atoms with Crippen LogP contribution >= 0.6 is 0 Å². The first-order valence-electron chi connectivity index (χ1n) is 6.22. The third kappa shape index (κ3) is 6.02. The van der Waals surface area contributed by atoms with E-state index in [-0.39, 0.29) is 17.3 Å². The number of nitrogens with one attached hydrogen (secondary N) is 1. The van der Waals surface area contributed by atoms with Crippen molar-refractivity contribution in [2.24, 2.45) is 5.73 Å². The minimum absolute atomic E-state index is 0.173. The highest BCUT2D eigenvalue weighted by atomic mass is 32.2. The molecule has 5 nitrogen and oxygen atoms in total. The Hall–Kier alpha value is -0.620. The van der Waals surface area contributed by atoms with Gasteiger partial charge in [0.15, 0.2) is 9.84 Å². The van der Waals surface area contributed by atoms with Crippen LogP contribution in [0.25, 0.3) is 0 Å². The predicted octanol–water partition coefficient (Wildman–Crippen LogP) is 0.602. The van der Waals surface area contributed by atoms with Crippen LogP contribution in [-0.2, 0) is 9.84 Å². The van der Waals surface area contributed by atoms with Gasteiger partial charge in [0.1, 0.15) is 0 Å². The lowest BCUT2D eigenvalue weighted by Gasteiger charge is -2.21. The first-order valence-corrected chi connectivity index (χ1v) is 8.04. The lowest BCUT2D eigenvalue weighted by Crippen LogP contribution is -2.34. The second-order valence-electron chi connectivity index (χ2n) is 4.69. The monoisotopic (exact) mass is 261 g/mol. The summed E-state index contributed by atoms with van der Waals surface area (Å²) in [5, 5.41) is 7.20. The molecule has 100 valence electrons. The van der Waals surface area contributed by atoms with Crippen molar-refractivity contribution in [3.8, 4) is 0 Å². The molecule has 3 N–H and O–H groups in total.